The number of rotatable bonds is 5. The third kappa shape index (κ3) is 3.57. The smallest absolute Gasteiger partial charge is 0.306 e. The van der Waals surface area contributed by atoms with E-state index in [0.29, 0.717) is 12.8 Å². The summed E-state index contributed by atoms with van der Waals surface area (Å²) in [6, 6.07) is 14.1. The number of fused-ring (bicyclic) bond motifs is 1. The number of carboxylic acid groups (broad SMARTS) is 1. The third-order valence-electron chi connectivity index (χ3n) is 5.37. The van der Waals surface area contributed by atoms with Crippen LogP contribution in [0.2, 0.25) is 0 Å². The molecular weight excluding hydrogens is 346 g/mol. The van der Waals surface area contributed by atoms with E-state index in [2.05, 4.69) is 17.0 Å². The number of carboxylic acids is 1. The molecule has 6 nitrogen and oxygen atoms in total. The van der Waals surface area contributed by atoms with Crippen molar-refractivity contribution in [3.63, 3.8) is 0 Å². The lowest BCUT2D eigenvalue weighted by Crippen LogP contribution is -2.39. The van der Waals surface area contributed by atoms with Crippen LogP contribution in [-0.2, 0) is 4.79 Å². The molecule has 0 bridgehead atoms. The van der Waals surface area contributed by atoms with Gasteiger partial charge in [-0.05, 0) is 61.3 Å². The lowest BCUT2D eigenvalue weighted by Gasteiger charge is -2.37. The number of hydrogen-bond donors (Lipinski definition) is 1. The van der Waals surface area contributed by atoms with Crippen LogP contribution in [-0.4, -0.2) is 43.0 Å². The van der Waals surface area contributed by atoms with Crippen molar-refractivity contribution in [2.45, 2.75) is 18.9 Å². The molecule has 1 saturated heterocycles. The second kappa shape index (κ2) is 7.48. The van der Waals surface area contributed by atoms with Crippen molar-refractivity contribution in [2.75, 3.05) is 27.0 Å². The molecule has 0 radical (unpaired) electrons. The van der Waals surface area contributed by atoms with Gasteiger partial charge in [0.1, 0.15) is 5.75 Å². The second-order valence-corrected chi connectivity index (χ2v) is 6.94. The van der Waals surface area contributed by atoms with Gasteiger partial charge in [0, 0.05) is 0 Å². The van der Waals surface area contributed by atoms with Crippen molar-refractivity contribution in [1.29, 1.82) is 0 Å². The van der Waals surface area contributed by atoms with Crippen LogP contribution in [0.25, 0.3) is 0 Å². The summed E-state index contributed by atoms with van der Waals surface area (Å²) in [7, 11) is 1.66. The van der Waals surface area contributed by atoms with Crippen molar-refractivity contribution in [3.05, 3.63) is 53.6 Å². The molecule has 0 aromatic heterocycles. The monoisotopic (exact) mass is 369 g/mol. The lowest BCUT2D eigenvalue weighted by atomic mass is 9.91. The van der Waals surface area contributed by atoms with Crippen LogP contribution < -0.4 is 14.2 Å². The van der Waals surface area contributed by atoms with Gasteiger partial charge >= 0.3 is 5.97 Å². The van der Waals surface area contributed by atoms with Gasteiger partial charge in [-0.25, -0.2) is 0 Å². The number of benzene rings is 2. The minimum absolute atomic E-state index is 0.00402. The fourth-order valence-electron chi connectivity index (χ4n) is 3.91. The average molecular weight is 369 g/mol. The number of carbonyl (C=O) groups is 1. The Morgan fingerprint density at radius 1 is 1.11 bits per heavy atom. The molecule has 0 spiro atoms. The van der Waals surface area contributed by atoms with E-state index in [1.165, 1.54) is 0 Å². The lowest BCUT2D eigenvalue weighted by molar-refractivity contribution is -0.143. The van der Waals surface area contributed by atoms with E-state index < -0.39 is 5.97 Å². The Hall–Kier alpha value is -2.73. The highest BCUT2D eigenvalue weighted by atomic mass is 16.7. The maximum Gasteiger partial charge on any atom is 0.306 e. The van der Waals surface area contributed by atoms with Gasteiger partial charge < -0.3 is 19.3 Å². The summed E-state index contributed by atoms with van der Waals surface area (Å²) in [4.78, 5) is 13.7. The Balaban J connectivity index is 1.68. The van der Waals surface area contributed by atoms with E-state index in [0.717, 1.165) is 41.5 Å². The molecule has 2 aromatic carbocycles. The standard InChI is InChI=1S/C21H23NO5/c1-25-17-4-2-3-15(11-17)20(22-9-7-14(8-10-22)21(23)24)16-5-6-18-19(12-16)27-13-26-18/h2-6,11-12,14,20H,7-10,13H2,1H3,(H,23,24). The molecule has 0 aliphatic carbocycles. The van der Waals surface area contributed by atoms with Crippen LogP contribution in [0.1, 0.15) is 30.0 Å². The van der Waals surface area contributed by atoms with Gasteiger partial charge in [0.15, 0.2) is 11.5 Å². The number of piperidine rings is 1. The minimum Gasteiger partial charge on any atom is -0.497 e. The van der Waals surface area contributed by atoms with E-state index in [9.17, 15) is 9.90 Å². The molecule has 6 heteroatoms. The highest BCUT2D eigenvalue weighted by Gasteiger charge is 2.31. The Bertz CT molecular complexity index is 829. The summed E-state index contributed by atoms with van der Waals surface area (Å²) in [6.07, 6.45) is 1.31. The first-order valence-electron chi connectivity index (χ1n) is 9.16. The fraction of sp³-hybridized carbons (Fsp3) is 0.381. The third-order valence-corrected chi connectivity index (χ3v) is 5.37. The van der Waals surface area contributed by atoms with E-state index in [1.54, 1.807) is 7.11 Å². The Labute approximate surface area is 158 Å². The normalized spacial score (nSPS) is 18.3. The van der Waals surface area contributed by atoms with Gasteiger partial charge in [-0.15, -0.1) is 0 Å². The van der Waals surface area contributed by atoms with Gasteiger partial charge in [-0.3, -0.25) is 9.69 Å². The molecule has 2 aliphatic heterocycles. The molecule has 2 aromatic rings. The van der Waals surface area contributed by atoms with Crippen LogP contribution >= 0.6 is 0 Å². The summed E-state index contributed by atoms with van der Waals surface area (Å²) in [5.74, 6) is 1.35. The van der Waals surface area contributed by atoms with E-state index in [4.69, 9.17) is 14.2 Å². The molecule has 1 unspecified atom stereocenters. The number of methoxy groups -OCH3 is 1. The Kier molecular flexibility index (Phi) is 4.90. The van der Waals surface area contributed by atoms with E-state index in [-0.39, 0.29) is 18.8 Å². The van der Waals surface area contributed by atoms with Crippen molar-refractivity contribution < 1.29 is 24.1 Å². The molecule has 1 fully saturated rings. The predicted octanol–water partition coefficient (Wildman–Crippen LogP) is 3.31. The number of aliphatic carboxylic acids is 1. The quantitative estimate of drug-likeness (QED) is 0.872. The first-order valence-corrected chi connectivity index (χ1v) is 9.16. The van der Waals surface area contributed by atoms with Crippen molar-refractivity contribution in [1.82, 2.24) is 4.90 Å². The summed E-state index contributed by atoms with van der Waals surface area (Å²) in [6.45, 7) is 1.70. The summed E-state index contributed by atoms with van der Waals surface area (Å²) >= 11 is 0. The molecule has 2 aliphatic rings. The van der Waals surface area contributed by atoms with Crippen LogP contribution in [0.15, 0.2) is 42.5 Å². The number of nitrogens with zero attached hydrogens (tertiary/aromatic N) is 1. The van der Waals surface area contributed by atoms with Gasteiger partial charge in [0.05, 0.1) is 19.1 Å². The predicted molar refractivity (Wildman–Crippen MR) is 99.3 cm³/mol. The Morgan fingerprint density at radius 2 is 1.85 bits per heavy atom. The largest absolute Gasteiger partial charge is 0.497 e. The molecule has 1 atom stereocenters. The molecule has 0 saturated carbocycles. The van der Waals surface area contributed by atoms with Crippen LogP contribution in [0.4, 0.5) is 0 Å². The van der Waals surface area contributed by atoms with Gasteiger partial charge in [0.25, 0.3) is 0 Å². The van der Waals surface area contributed by atoms with Crippen molar-refractivity contribution in [2.24, 2.45) is 5.92 Å². The van der Waals surface area contributed by atoms with Gasteiger partial charge in [0.2, 0.25) is 6.79 Å². The summed E-state index contributed by atoms with van der Waals surface area (Å²) < 4.78 is 16.4. The van der Waals surface area contributed by atoms with Crippen LogP contribution in [0.3, 0.4) is 0 Å². The average Bonchev–Trinajstić information content (AvgIpc) is 3.17. The topological polar surface area (TPSA) is 68.2 Å². The summed E-state index contributed by atoms with van der Waals surface area (Å²) in [5, 5.41) is 9.31. The zero-order chi connectivity index (χ0) is 18.8. The second-order valence-electron chi connectivity index (χ2n) is 6.94. The molecule has 142 valence electrons. The Morgan fingerprint density at radius 3 is 2.59 bits per heavy atom. The maximum absolute atomic E-state index is 11.3. The van der Waals surface area contributed by atoms with Crippen LogP contribution in [0.5, 0.6) is 17.2 Å². The SMILES string of the molecule is COc1cccc(C(c2ccc3c(c2)OCO3)N2CCC(C(=O)O)CC2)c1. The summed E-state index contributed by atoms with van der Waals surface area (Å²) in [5.41, 5.74) is 2.21. The first-order chi connectivity index (χ1) is 13.2. The van der Waals surface area contributed by atoms with Crippen molar-refractivity contribution >= 4 is 5.97 Å². The number of hydrogen-bond acceptors (Lipinski definition) is 5. The van der Waals surface area contributed by atoms with Gasteiger partial charge in [-0.1, -0.05) is 18.2 Å². The first kappa shape index (κ1) is 17.7. The molecule has 0 amide bonds. The number of ether oxygens (including phenoxy) is 3. The highest BCUT2D eigenvalue weighted by molar-refractivity contribution is 5.70. The van der Waals surface area contributed by atoms with Crippen LogP contribution in [0, 0.1) is 5.92 Å². The molecule has 2 heterocycles. The molecule has 1 N–H and O–H groups in total. The molecule has 27 heavy (non-hydrogen) atoms. The zero-order valence-corrected chi connectivity index (χ0v) is 15.3. The van der Waals surface area contributed by atoms with E-state index in [1.807, 2.05) is 30.3 Å². The van der Waals surface area contributed by atoms with Crippen molar-refractivity contribution in [3.8, 4) is 17.2 Å². The molecular formula is C21H23NO5. The zero-order valence-electron chi connectivity index (χ0n) is 15.3. The fourth-order valence-corrected chi connectivity index (χ4v) is 3.91. The maximum atomic E-state index is 11.3. The minimum atomic E-state index is -0.698. The van der Waals surface area contributed by atoms with E-state index >= 15 is 0 Å². The van der Waals surface area contributed by atoms with Gasteiger partial charge in [-0.2, -0.15) is 0 Å². The highest BCUT2D eigenvalue weighted by Crippen LogP contribution is 2.39. The number of likely N-dealkylation sites (tertiary alicyclic amines) is 1. The molecule has 4 rings (SSSR count).